The smallest absolute Gasteiger partial charge is 0.303 e. The minimum Gasteiger partial charge on any atom is -0.481 e. The molecule has 2 aliphatic rings. The maximum Gasteiger partial charge on any atom is 0.303 e. The van der Waals surface area contributed by atoms with Crippen LogP contribution in [0.15, 0.2) is 0 Å². The van der Waals surface area contributed by atoms with Crippen LogP contribution >= 0.6 is 0 Å². The lowest BCUT2D eigenvalue weighted by Gasteiger charge is -2.45. The second-order valence-corrected chi connectivity index (χ2v) is 5.82. The van der Waals surface area contributed by atoms with Gasteiger partial charge in [-0.05, 0) is 43.1 Å². The Morgan fingerprint density at radius 3 is 2.56 bits per heavy atom. The summed E-state index contributed by atoms with van der Waals surface area (Å²) in [5.74, 6) is 0.937. The Kier molecular flexibility index (Phi) is 3.53. The number of fused-ring (bicyclic) bond motifs is 1. The highest BCUT2D eigenvalue weighted by Crippen LogP contribution is 2.49. The first-order valence-corrected chi connectivity index (χ1v) is 6.57. The summed E-state index contributed by atoms with van der Waals surface area (Å²) < 4.78 is 0. The number of nitrogens with two attached hydrogens (primary N) is 1. The number of carboxylic acid groups (broad SMARTS) is 1. The number of carbonyl (C=O) groups is 1. The van der Waals surface area contributed by atoms with Crippen LogP contribution in [0.3, 0.4) is 0 Å². The van der Waals surface area contributed by atoms with E-state index in [1.807, 2.05) is 0 Å². The molecule has 16 heavy (non-hydrogen) atoms. The van der Waals surface area contributed by atoms with E-state index in [9.17, 15) is 4.79 Å². The Bertz CT molecular complexity index is 267. The molecule has 2 aliphatic carbocycles. The third-order valence-corrected chi connectivity index (χ3v) is 4.77. The standard InChI is InChI=1S/C13H23NO2/c14-9-13(8-12(15)16)6-5-10-3-1-2-4-11(10)7-13/h10-11H,1-9,14H2,(H,15,16)/t10?,11?,13-/m1/s1. The fraction of sp³-hybridized carbons (Fsp3) is 0.923. The molecule has 0 spiro atoms. The van der Waals surface area contributed by atoms with Crippen molar-refractivity contribution in [3.8, 4) is 0 Å². The Morgan fingerprint density at radius 2 is 1.94 bits per heavy atom. The normalized spacial score (nSPS) is 39.1. The van der Waals surface area contributed by atoms with E-state index in [-0.39, 0.29) is 11.8 Å². The zero-order chi connectivity index (χ0) is 11.6. The van der Waals surface area contributed by atoms with E-state index in [4.69, 9.17) is 10.8 Å². The fourth-order valence-corrected chi connectivity index (χ4v) is 3.82. The quantitative estimate of drug-likeness (QED) is 0.775. The molecule has 0 aromatic carbocycles. The van der Waals surface area contributed by atoms with Gasteiger partial charge in [0.05, 0.1) is 6.42 Å². The van der Waals surface area contributed by atoms with Crippen molar-refractivity contribution in [2.45, 2.75) is 51.4 Å². The summed E-state index contributed by atoms with van der Waals surface area (Å²) in [7, 11) is 0. The van der Waals surface area contributed by atoms with E-state index >= 15 is 0 Å². The Hall–Kier alpha value is -0.570. The van der Waals surface area contributed by atoms with Crippen molar-refractivity contribution in [2.24, 2.45) is 23.0 Å². The largest absolute Gasteiger partial charge is 0.481 e. The second-order valence-electron chi connectivity index (χ2n) is 5.82. The minimum absolute atomic E-state index is 0.0929. The highest BCUT2D eigenvalue weighted by molar-refractivity contribution is 5.67. The van der Waals surface area contributed by atoms with Gasteiger partial charge in [0, 0.05) is 0 Å². The van der Waals surface area contributed by atoms with Crippen LogP contribution in [-0.2, 0) is 4.79 Å². The SMILES string of the molecule is NC[C@]1(CC(=O)O)CCC2CCCCC2C1. The average Bonchev–Trinajstić information content (AvgIpc) is 2.28. The van der Waals surface area contributed by atoms with Gasteiger partial charge in [0.15, 0.2) is 0 Å². The van der Waals surface area contributed by atoms with Gasteiger partial charge in [-0.2, -0.15) is 0 Å². The van der Waals surface area contributed by atoms with Gasteiger partial charge in [-0.25, -0.2) is 0 Å². The molecule has 2 saturated carbocycles. The fourth-order valence-electron chi connectivity index (χ4n) is 3.82. The molecule has 3 atom stereocenters. The molecule has 2 unspecified atom stereocenters. The molecule has 3 heteroatoms. The first kappa shape index (κ1) is 11.9. The zero-order valence-corrected chi connectivity index (χ0v) is 9.95. The van der Waals surface area contributed by atoms with Crippen molar-refractivity contribution in [2.75, 3.05) is 6.54 Å². The molecule has 0 bridgehead atoms. The lowest BCUT2D eigenvalue weighted by molar-refractivity contribution is -0.141. The van der Waals surface area contributed by atoms with Gasteiger partial charge in [-0.3, -0.25) is 4.79 Å². The van der Waals surface area contributed by atoms with E-state index in [0.29, 0.717) is 6.54 Å². The van der Waals surface area contributed by atoms with Crippen LogP contribution in [-0.4, -0.2) is 17.6 Å². The predicted octanol–water partition coefficient (Wildman–Crippen LogP) is 2.40. The maximum atomic E-state index is 10.9. The van der Waals surface area contributed by atoms with Crippen molar-refractivity contribution in [1.29, 1.82) is 0 Å². The first-order chi connectivity index (χ1) is 7.65. The van der Waals surface area contributed by atoms with E-state index < -0.39 is 5.97 Å². The highest BCUT2D eigenvalue weighted by atomic mass is 16.4. The Balaban J connectivity index is 2.03. The van der Waals surface area contributed by atoms with Crippen molar-refractivity contribution in [3.63, 3.8) is 0 Å². The van der Waals surface area contributed by atoms with E-state index in [0.717, 1.165) is 24.7 Å². The van der Waals surface area contributed by atoms with Crippen molar-refractivity contribution in [1.82, 2.24) is 0 Å². The van der Waals surface area contributed by atoms with Crippen LogP contribution in [0.5, 0.6) is 0 Å². The minimum atomic E-state index is -0.681. The summed E-state index contributed by atoms with van der Waals surface area (Å²) >= 11 is 0. The zero-order valence-electron chi connectivity index (χ0n) is 9.95. The number of hydrogen-bond acceptors (Lipinski definition) is 2. The molecule has 0 amide bonds. The Morgan fingerprint density at radius 1 is 1.25 bits per heavy atom. The average molecular weight is 225 g/mol. The number of hydrogen-bond donors (Lipinski definition) is 2. The molecule has 0 aromatic heterocycles. The molecule has 92 valence electrons. The predicted molar refractivity (Wildman–Crippen MR) is 63.0 cm³/mol. The first-order valence-electron chi connectivity index (χ1n) is 6.57. The van der Waals surface area contributed by atoms with Gasteiger partial charge in [0.1, 0.15) is 0 Å². The molecule has 2 rings (SSSR count). The number of aliphatic carboxylic acids is 1. The van der Waals surface area contributed by atoms with Crippen LogP contribution in [0.4, 0.5) is 0 Å². The van der Waals surface area contributed by atoms with Crippen LogP contribution < -0.4 is 5.73 Å². The molecule has 0 aromatic rings. The molecule has 0 radical (unpaired) electrons. The van der Waals surface area contributed by atoms with Gasteiger partial charge in [-0.15, -0.1) is 0 Å². The van der Waals surface area contributed by atoms with Crippen molar-refractivity contribution in [3.05, 3.63) is 0 Å². The molecule has 0 aliphatic heterocycles. The lowest BCUT2D eigenvalue weighted by Crippen LogP contribution is -2.41. The summed E-state index contributed by atoms with van der Waals surface area (Å²) in [6.45, 7) is 0.544. The summed E-state index contributed by atoms with van der Waals surface area (Å²) in [5.41, 5.74) is 5.75. The maximum absolute atomic E-state index is 10.9. The van der Waals surface area contributed by atoms with Crippen LogP contribution in [0.25, 0.3) is 0 Å². The van der Waals surface area contributed by atoms with Gasteiger partial charge in [-0.1, -0.05) is 25.7 Å². The second kappa shape index (κ2) is 4.74. The van der Waals surface area contributed by atoms with E-state index in [1.54, 1.807) is 0 Å². The summed E-state index contributed by atoms with van der Waals surface area (Å²) in [5, 5.41) is 9.00. The summed E-state index contributed by atoms with van der Waals surface area (Å²) in [6, 6.07) is 0. The molecule has 3 nitrogen and oxygen atoms in total. The molecule has 2 fully saturated rings. The van der Waals surface area contributed by atoms with E-state index in [2.05, 4.69) is 0 Å². The number of rotatable bonds is 3. The van der Waals surface area contributed by atoms with Crippen molar-refractivity contribution >= 4 is 5.97 Å². The highest BCUT2D eigenvalue weighted by Gasteiger charge is 2.41. The molecule has 3 N–H and O–H groups in total. The van der Waals surface area contributed by atoms with Gasteiger partial charge in [0.25, 0.3) is 0 Å². The van der Waals surface area contributed by atoms with Gasteiger partial charge >= 0.3 is 5.97 Å². The van der Waals surface area contributed by atoms with Crippen molar-refractivity contribution < 1.29 is 9.90 Å². The topological polar surface area (TPSA) is 63.3 Å². The van der Waals surface area contributed by atoms with Crippen LogP contribution in [0.1, 0.15) is 51.4 Å². The Labute approximate surface area is 97.4 Å². The van der Waals surface area contributed by atoms with Crippen LogP contribution in [0, 0.1) is 17.3 Å². The van der Waals surface area contributed by atoms with E-state index in [1.165, 1.54) is 32.1 Å². The third-order valence-electron chi connectivity index (χ3n) is 4.77. The number of carboxylic acids is 1. The van der Waals surface area contributed by atoms with Crippen LogP contribution in [0.2, 0.25) is 0 Å². The molecule has 0 saturated heterocycles. The molecular weight excluding hydrogens is 202 g/mol. The summed E-state index contributed by atoms with van der Waals surface area (Å²) in [4.78, 5) is 10.9. The van der Waals surface area contributed by atoms with Gasteiger partial charge in [0.2, 0.25) is 0 Å². The third kappa shape index (κ3) is 2.40. The van der Waals surface area contributed by atoms with Gasteiger partial charge < -0.3 is 10.8 Å². The molecule has 0 heterocycles. The molecular formula is C13H23NO2. The lowest BCUT2D eigenvalue weighted by atomic mass is 9.60. The monoisotopic (exact) mass is 225 g/mol. The summed E-state index contributed by atoms with van der Waals surface area (Å²) in [6.07, 6.45) is 8.91.